The van der Waals surface area contributed by atoms with Crippen molar-refractivity contribution in [3.63, 3.8) is 0 Å². The van der Waals surface area contributed by atoms with Gasteiger partial charge in [0.25, 0.3) is 5.91 Å². The Morgan fingerprint density at radius 3 is 2.65 bits per heavy atom. The number of hydrogen-bond acceptors (Lipinski definition) is 6. The number of nitrogens with zero attached hydrogens (tertiary/aromatic N) is 6. The van der Waals surface area contributed by atoms with Gasteiger partial charge < -0.3 is 14.8 Å². The molecule has 9 heteroatoms. The number of imidazole rings is 1. The van der Waals surface area contributed by atoms with Crippen molar-refractivity contribution in [2.24, 2.45) is 7.05 Å². The number of aromatic nitrogens is 3. The molecule has 2 aromatic carbocycles. The minimum absolute atomic E-state index is 0.257. The van der Waals surface area contributed by atoms with E-state index in [9.17, 15) is 10.1 Å². The van der Waals surface area contributed by atoms with Crippen molar-refractivity contribution in [3.8, 4) is 17.2 Å². The van der Waals surface area contributed by atoms with Crippen molar-refractivity contribution in [2.75, 3.05) is 32.0 Å². The van der Waals surface area contributed by atoms with Gasteiger partial charge in [-0.3, -0.25) is 14.7 Å². The lowest BCUT2D eigenvalue weighted by Gasteiger charge is -2.27. The molecule has 0 bridgehead atoms. The highest BCUT2D eigenvalue weighted by molar-refractivity contribution is 6.32. The number of nitriles is 1. The van der Waals surface area contributed by atoms with Crippen molar-refractivity contribution in [1.82, 2.24) is 24.3 Å². The molecule has 0 saturated carbocycles. The molecule has 236 valence electrons. The molecule has 4 heterocycles. The van der Waals surface area contributed by atoms with Crippen LogP contribution in [0.3, 0.4) is 0 Å². The second-order valence-electron chi connectivity index (χ2n) is 12.5. The first-order valence-electron chi connectivity index (χ1n) is 16.0. The van der Waals surface area contributed by atoms with Gasteiger partial charge in [0.2, 0.25) is 0 Å². The molecular weight excluding hydrogens is 594 g/mol. The molecule has 46 heavy (non-hydrogen) atoms. The summed E-state index contributed by atoms with van der Waals surface area (Å²) >= 11 is 6.76. The van der Waals surface area contributed by atoms with Gasteiger partial charge in [-0.25, -0.2) is 4.98 Å². The number of aryl methyl sites for hydroxylation is 1. The SMILES string of the molecule is Cc1cc(/C=C/c2nccc(-c3cccc(NC(=O)c4nc5c(n4C)CCN(C)C5)c3C)c2C#N)c(Cl)cc1CN1CCCCC1. The minimum Gasteiger partial charge on any atom is -0.327 e. The lowest BCUT2D eigenvalue weighted by molar-refractivity contribution is 0.101. The average Bonchev–Trinajstić information content (AvgIpc) is 3.38. The molecule has 1 N–H and O–H groups in total. The molecule has 0 unspecified atom stereocenters. The average molecular weight is 634 g/mol. The van der Waals surface area contributed by atoms with E-state index in [1.165, 1.54) is 30.4 Å². The predicted octanol–water partition coefficient (Wildman–Crippen LogP) is 7.02. The third kappa shape index (κ3) is 6.50. The number of carbonyl (C=O) groups excluding carboxylic acids is 1. The maximum atomic E-state index is 13.4. The molecular formula is C37H40ClN7O. The topological polar surface area (TPSA) is 90.1 Å². The van der Waals surface area contributed by atoms with E-state index in [4.69, 9.17) is 11.6 Å². The zero-order valence-electron chi connectivity index (χ0n) is 27.0. The smallest absolute Gasteiger partial charge is 0.291 e. The second-order valence-corrected chi connectivity index (χ2v) is 12.9. The van der Waals surface area contributed by atoms with Crippen molar-refractivity contribution < 1.29 is 4.79 Å². The zero-order valence-corrected chi connectivity index (χ0v) is 27.8. The summed E-state index contributed by atoms with van der Waals surface area (Å²) in [5.74, 6) is 0.139. The number of likely N-dealkylation sites (tertiary alicyclic amines) is 1. The van der Waals surface area contributed by atoms with E-state index >= 15 is 0 Å². The van der Waals surface area contributed by atoms with Crippen LogP contribution in [-0.4, -0.2) is 56.9 Å². The molecule has 0 radical (unpaired) electrons. The number of rotatable bonds is 7. The molecule has 1 fully saturated rings. The van der Waals surface area contributed by atoms with Crippen molar-refractivity contribution in [3.05, 3.63) is 98.3 Å². The first kappa shape index (κ1) is 31.7. The summed E-state index contributed by atoms with van der Waals surface area (Å²) in [6.07, 6.45) is 10.2. The number of amides is 1. The summed E-state index contributed by atoms with van der Waals surface area (Å²) < 4.78 is 1.90. The van der Waals surface area contributed by atoms with Gasteiger partial charge in [0.05, 0.1) is 17.0 Å². The van der Waals surface area contributed by atoms with E-state index < -0.39 is 0 Å². The van der Waals surface area contributed by atoms with Crippen LogP contribution in [0, 0.1) is 25.2 Å². The molecule has 1 saturated heterocycles. The Bertz CT molecular complexity index is 1860. The van der Waals surface area contributed by atoms with Crippen LogP contribution in [-0.2, 0) is 26.6 Å². The van der Waals surface area contributed by atoms with E-state index in [0.717, 1.165) is 72.8 Å². The van der Waals surface area contributed by atoms with E-state index in [-0.39, 0.29) is 5.91 Å². The number of halogens is 1. The molecule has 0 atom stereocenters. The van der Waals surface area contributed by atoms with Gasteiger partial charge in [0.15, 0.2) is 5.82 Å². The summed E-state index contributed by atoms with van der Waals surface area (Å²) in [5, 5.41) is 14.0. The summed E-state index contributed by atoms with van der Waals surface area (Å²) in [5.41, 5.74) is 9.54. The van der Waals surface area contributed by atoms with Crippen LogP contribution in [0.4, 0.5) is 5.69 Å². The number of hydrogen-bond donors (Lipinski definition) is 1. The van der Waals surface area contributed by atoms with Gasteiger partial charge in [-0.15, -0.1) is 0 Å². The molecule has 8 nitrogen and oxygen atoms in total. The fraction of sp³-hybridized carbons (Fsp3) is 0.351. The Balaban J connectivity index is 1.25. The zero-order chi connectivity index (χ0) is 32.4. The summed E-state index contributed by atoms with van der Waals surface area (Å²) in [6.45, 7) is 8.94. The van der Waals surface area contributed by atoms with E-state index in [1.54, 1.807) is 6.20 Å². The fourth-order valence-corrected chi connectivity index (χ4v) is 6.87. The highest BCUT2D eigenvalue weighted by atomic mass is 35.5. The fourth-order valence-electron chi connectivity index (χ4n) is 6.62. The third-order valence-corrected chi connectivity index (χ3v) is 9.66. The van der Waals surface area contributed by atoms with Crippen molar-refractivity contribution in [1.29, 1.82) is 5.26 Å². The van der Waals surface area contributed by atoms with Gasteiger partial charge in [-0.2, -0.15) is 5.26 Å². The number of nitrogens with one attached hydrogen (secondary N) is 1. The number of pyridine rings is 1. The maximum Gasteiger partial charge on any atom is 0.291 e. The number of likely N-dealkylation sites (N-methyl/N-ethyl adjacent to an activating group) is 1. The van der Waals surface area contributed by atoms with Crippen molar-refractivity contribution >= 4 is 35.3 Å². The van der Waals surface area contributed by atoms with Gasteiger partial charge in [-0.05, 0) is 98.9 Å². The van der Waals surface area contributed by atoms with E-state index in [0.29, 0.717) is 27.8 Å². The normalized spacial score (nSPS) is 15.6. The standard InChI is InChI=1S/C37H40ClN7O/c1-24-19-26(31(38)20-27(24)22-45-16-6-5-7-17-45)11-12-33-30(21-39)29(13-15-40-33)28-9-8-10-32(25(28)2)42-37(46)36-41-34-23-43(3)18-14-35(34)44(36)4/h8-13,15,19-20H,5-7,14,16-18,22-23H2,1-4H3,(H,42,46)/b12-11+. The number of fused-ring (bicyclic) bond motifs is 1. The van der Waals surface area contributed by atoms with Crippen LogP contribution >= 0.6 is 11.6 Å². The Kier molecular flexibility index (Phi) is 9.37. The van der Waals surface area contributed by atoms with Gasteiger partial charge in [0, 0.05) is 61.3 Å². The van der Waals surface area contributed by atoms with Crippen LogP contribution in [0.25, 0.3) is 23.3 Å². The van der Waals surface area contributed by atoms with E-state index in [2.05, 4.69) is 57.3 Å². The highest BCUT2D eigenvalue weighted by Gasteiger charge is 2.24. The highest BCUT2D eigenvalue weighted by Crippen LogP contribution is 2.33. The number of carbonyl (C=O) groups is 1. The van der Waals surface area contributed by atoms with Gasteiger partial charge in [-0.1, -0.05) is 42.3 Å². The number of benzene rings is 2. The Labute approximate surface area is 276 Å². The largest absolute Gasteiger partial charge is 0.327 e. The van der Waals surface area contributed by atoms with Crippen LogP contribution in [0.5, 0.6) is 0 Å². The minimum atomic E-state index is -0.257. The lowest BCUT2D eigenvalue weighted by atomic mass is 9.94. The monoisotopic (exact) mass is 633 g/mol. The molecule has 0 aliphatic carbocycles. The first-order chi connectivity index (χ1) is 22.2. The van der Waals surface area contributed by atoms with Crippen LogP contribution in [0.15, 0.2) is 42.6 Å². The predicted molar refractivity (Wildman–Crippen MR) is 185 cm³/mol. The lowest BCUT2D eigenvalue weighted by Crippen LogP contribution is -2.29. The van der Waals surface area contributed by atoms with Crippen LogP contribution in [0.2, 0.25) is 5.02 Å². The maximum absolute atomic E-state index is 13.4. The summed E-state index contributed by atoms with van der Waals surface area (Å²) in [6, 6.07) is 14.1. The number of anilines is 1. The molecule has 2 aliphatic heterocycles. The summed E-state index contributed by atoms with van der Waals surface area (Å²) in [7, 11) is 3.96. The third-order valence-electron chi connectivity index (χ3n) is 9.33. The number of piperidine rings is 1. The second kappa shape index (κ2) is 13.6. The van der Waals surface area contributed by atoms with Gasteiger partial charge >= 0.3 is 0 Å². The first-order valence-corrected chi connectivity index (χ1v) is 16.3. The molecule has 0 spiro atoms. The molecule has 4 aromatic rings. The van der Waals surface area contributed by atoms with Crippen LogP contribution < -0.4 is 5.32 Å². The Morgan fingerprint density at radius 1 is 1.07 bits per heavy atom. The Hall–Kier alpha value is -4.29. The Morgan fingerprint density at radius 2 is 1.87 bits per heavy atom. The molecule has 2 aliphatic rings. The van der Waals surface area contributed by atoms with Gasteiger partial charge in [0.1, 0.15) is 6.07 Å². The van der Waals surface area contributed by atoms with E-state index in [1.807, 2.05) is 55.0 Å². The quantitative estimate of drug-likeness (QED) is 0.235. The van der Waals surface area contributed by atoms with Crippen molar-refractivity contribution in [2.45, 2.75) is 52.6 Å². The molecule has 2 aromatic heterocycles. The van der Waals surface area contributed by atoms with Crippen LogP contribution in [0.1, 0.15) is 74.8 Å². The molecule has 6 rings (SSSR count). The summed E-state index contributed by atoms with van der Waals surface area (Å²) in [4.78, 5) is 27.3. The molecule has 1 amide bonds.